The Bertz CT molecular complexity index is 620. The Morgan fingerprint density at radius 3 is 2.64 bits per heavy atom. The Labute approximate surface area is 132 Å². The molecule has 0 spiro atoms. The van der Waals surface area contributed by atoms with E-state index in [1.54, 1.807) is 31.2 Å². The predicted octanol–water partition coefficient (Wildman–Crippen LogP) is 2.22. The topological polar surface area (TPSA) is 89.3 Å². The smallest absolute Gasteiger partial charge is 0.240 e. The van der Waals surface area contributed by atoms with Crippen molar-refractivity contribution in [3.63, 3.8) is 0 Å². The molecule has 1 fully saturated rings. The van der Waals surface area contributed by atoms with E-state index < -0.39 is 15.9 Å². The highest BCUT2D eigenvalue weighted by molar-refractivity contribution is 7.91. The molecule has 0 unspecified atom stereocenters. The lowest BCUT2D eigenvalue weighted by molar-refractivity contribution is -0.117. The van der Waals surface area contributed by atoms with Crippen molar-refractivity contribution in [2.45, 2.75) is 56.1 Å². The molecule has 6 heteroatoms. The van der Waals surface area contributed by atoms with E-state index in [1.807, 2.05) is 0 Å². The zero-order chi connectivity index (χ0) is 16.2. The Kier molecular flexibility index (Phi) is 5.58. The molecule has 1 amide bonds. The molecular weight excluding hydrogens is 300 g/mol. The fourth-order valence-electron chi connectivity index (χ4n) is 2.77. The summed E-state index contributed by atoms with van der Waals surface area (Å²) in [6.45, 7) is 1.60. The van der Waals surface area contributed by atoms with Crippen LogP contribution in [-0.2, 0) is 20.4 Å². The predicted molar refractivity (Wildman–Crippen MR) is 88.2 cm³/mol. The van der Waals surface area contributed by atoms with E-state index in [0.717, 1.165) is 32.1 Å². The standard InChI is InChI=1S/C16H24N2O3S/c1-12(17)16(19)18-14-7-5-6-13(10-14)11-22(20,21)15-8-3-2-4-9-15/h5-7,10,12,15H,2-4,8-9,11,17H2,1H3,(H,18,19)/t12-/m1/s1. The average molecular weight is 324 g/mol. The van der Waals surface area contributed by atoms with Crippen molar-refractivity contribution in [1.82, 2.24) is 0 Å². The first-order valence-electron chi connectivity index (χ1n) is 7.75. The minimum Gasteiger partial charge on any atom is -0.325 e. The third-order valence-electron chi connectivity index (χ3n) is 4.04. The molecular formula is C16H24N2O3S. The Hall–Kier alpha value is -1.40. The van der Waals surface area contributed by atoms with Crippen molar-refractivity contribution in [1.29, 1.82) is 0 Å². The van der Waals surface area contributed by atoms with Gasteiger partial charge in [-0.25, -0.2) is 8.42 Å². The van der Waals surface area contributed by atoms with Gasteiger partial charge in [-0.15, -0.1) is 0 Å². The number of nitrogens with one attached hydrogen (secondary N) is 1. The number of nitrogens with two attached hydrogens (primary N) is 1. The fourth-order valence-corrected chi connectivity index (χ4v) is 4.70. The molecule has 1 atom stereocenters. The zero-order valence-corrected chi connectivity index (χ0v) is 13.7. The van der Waals surface area contributed by atoms with Gasteiger partial charge in [0.2, 0.25) is 5.91 Å². The van der Waals surface area contributed by atoms with Crippen molar-refractivity contribution in [3.8, 4) is 0 Å². The van der Waals surface area contributed by atoms with Crippen LogP contribution >= 0.6 is 0 Å². The van der Waals surface area contributed by atoms with Gasteiger partial charge in [-0.05, 0) is 37.5 Å². The molecule has 0 aromatic heterocycles. The summed E-state index contributed by atoms with van der Waals surface area (Å²) in [5.74, 6) is -0.258. The second kappa shape index (κ2) is 7.24. The van der Waals surface area contributed by atoms with Gasteiger partial charge in [0.15, 0.2) is 9.84 Å². The van der Waals surface area contributed by atoms with Crippen LogP contribution in [0.4, 0.5) is 5.69 Å². The van der Waals surface area contributed by atoms with Crippen LogP contribution in [0.3, 0.4) is 0 Å². The number of carbonyl (C=O) groups is 1. The summed E-state index contributed by atoms with van der Waals surface area (Å²) in [4.78, 5) is 11.6. The minimum absolute atomic E-state index is 0.0273. The molecule has 2 rings (SSSR count). The van der Waals surface area contributed by atoms with Crippen LogP contribution in [0.15, 0.2) is 24.3 Å². The minimum atomic E-state index is -3.14. The van der Waals surface area contributed by atoms with Gasteiger partial charge < -0.3 is 11.1 Å². The fraction of sp³-hybridized carbons (Fsp3) is 0.562. The highest BCUT2D eigenvalue weighted by Crippen LogP contribution is 2.26. The van der Waals surface area contributed by atoms with Crippen molar-refractivity contribution in [2.75, 3.05) is 5.32 Å². The summed E-state index contributed by atoms with van der Waals surface area (Å²) in [6.07, 6.45) is 4.65. The summed E-state index contributed by atoms with van der Waals surface area (Å²) < 4.78 is 25.0. The number of hydrogen-bond donors (Lipinski definition) is 2. The largest absolute Gasteiger partial charge is 0.325 e. The van der Waals surface area contributed by atoms with Crippen molar-refractivity contribution >= 4 is 21.4 Å². The maximum Gasteiger partial charge on any atom is 0.240 e. The van der Waals surface area contributed by atoms with E-state index in [-0.39, 0.29) is 16.9 Å². The monoisotopic (exact) mass is 324 g/mol. The molecule has 1 aliphatic rings. The third-order valence-corrected chi connectivity index (χ3v) is 6.26. The lowest BCUT2D eigenvalue weighted by atomic mass is 10.0. The first-order valence-corrected chi connectivity index (χ1v) is 9.47. The first-order chi connectivity index (χ1) is 10.4. The van der Waals surface area contributed by atoms with Gasteiger partial charge >= 0.3 is 0 Å². The number of amides is 1. The summed E-state index contributed by atoms with van der Waals surface area (Å²) >= 11 is 0. The van der Waals surface area contributed by atoms with Crippen LogP contribution in [0.1, 0.15) is 44.6 Å². The molecule has 1 aromatic carbocycles. The lowest BCUT2D eigenvalue weighted by Gasteiger charge is -2.21. The third kappa shape index (κ3) is 4.55. The molecule has 1 saturated carbocycles. The SMILES string of the molecule is C[C@@H](N)C(=O)Nc1cccc(CS(=O)(=O)C2CCCCC2)c1. The second-order valence-corrected chi connectivity index (χ2v) is 8.33. The van der Waals surface area contributed by atoms with Crippen molar-refractivity contribution < 1.29 is 13.2 Å². The molecule has 1 aliphatic carbocycles. The van der Waals surface area contributed by atoms with E-state index >= 15 is 0 Å². The molecule has 22 heavy (non-hydrogen) atoms. The molecule has 0 aliphatic heterocycles. The summed E-state index contributed by atoms with van der Waals surface area (Å²) in [5, 5.41) is 2.47. The lowest BCUT2D eigenvalue weighted by Crippen LogP contribution is -2.32. The van der Waals surface area contributed by atoms with Crippen LogP contribution in [0, 0.1) is 0 Å². The molecule has 1 aromatic rings. The van der Waals surface area contributed by atoms with Gasteiger partial charge in [0.25, 0.3) is 0 Å². The number of carbonyl (C=O) groups excluding carboxylic acids is 1. The van der Waals surface area contributed by atoms with Gasteiger partial charge in [-0.3, -0.25) is 4.79 Å². The Morgan fingerprint density at radius 2 is 2.00 bits per heavy atom. The molecule has 0 saturated heterocycles. The Balaban J connectivity index is 2.07. The van der Waals surface area contributed by atoms with Crippen LogP contribution in [0.25, 0.3) is 0 Å². The van der Waals surface area contributed by atoms with Crippen molar-refractivity contribution in [2.24, 2.45) is 5.73 Å². The van der Waals surface area contributed by atoms with Crippen LogP contribution < -0.4 is 11.1 Å². The number of anilines is 1. The number of hydrogen-bond acceptors (Lipinski definition) is 4. The maximum absolute atomic E-state index is 12.5. The summed E-state index contributed by atoms with van der Waals surface area (Å²) in [5.41, 5.74) is 6.80. The average Bonchev–Trinajstić information content (AvgIpc) is 2.48. The Morgan fingerprint density at radius 1 is 1.32 bits per heavy atom. The number of benzene rings is 1. The van der Waals surface area contributed by atoms with E-state index in [1.165, 1.54) is 0 Å². The van der Waals surface area contributed by atoms with Crippen molar-refractivity contribution in [3.05, 3.63) is 29.8 Å². The molecule has 3 N–H and O–H groups in total. The van der Waals surface area contributed by atoms with E-state index in [9.17, 15) is 13.2 Å². The van der Waals surface area contributed by atoms with Gasteiger partial charge in [0, 0.05) is 5.69 Å². The highest BCUT2D eigenvalue weighted by Gasteiger charge is 2.27. The molecule has 0 bridgehead atoms. The van der Waals surface area contributed by atoms with Crippen LogP contribution in [-0.4, -0.2) is 25.6 Å². The van der Waals surface area contributed by atoms with Gasteiger partial charge in [0.1, 0.15) is 0 Å². The number of sulfone groups is 1. The van der Waals surface area contributed by atoms with Gasteiger partial charge in [-0.2, -0.15) is 0 Å². The van der Waals surface area contributed by atoms with Crippen LogP contribution in [0.5, 0.6) is 0 Å². The summed E-state index contributed by atoms with van der Waals surface area (Å²) in [6, 6.07) is 6.37. The zero-order valence-electron chi connectivity index (χ0n) is 12.9. The normalized spacial score (nSPS) is 17.9. The number of rotatable bonds is 5. The van der Waals surface area contributed by atoms with E-state index in [0.29, 0.717) is 11.3 Å². The van der Waals surface area contributed by atoms with Gasteiger partial charge in [-0.1, -0.05) is 31.4 Å². The van der Waals surface area contributed by atoms with E-state index in [4.69, 9.17) is 5.73 Å². The summed E-state index contributed by atoms with van der Waals surface area (Å²) in [7, 11) is -3.14. The van der Waals surface area contributed by atoms with E-state index in [2.05, 4.69) is 5.32 Å². The molecule has 5 nitrogen and oxygen atoms in total. The molecule has 0 radical (unpaired) electrons. The second-order valence-electron chi connectivity index (χ2n) is 6.05. The molecule has 122 valence electrons. The van der Waals surface area contributed by atoms with Gasteiger partial charge in [0.05, 0.1) is 17.0 Å². The van der Waals surface area contributed by atoms with Crippen LogP contribution in [0.2, 0.25) is 0 Å². The first kappa shape index (κ1) is 17.0. The highest BCUT2D eigenvalue weighted by atomic mass is 32.2. The molecule has 0 heterocycles. The quantitative estimate of drug-likeness (QED) is 0.869. The maximum atomic E-state index is 12.5.